The average molecular weight is 264 g/mol. The molecule has 0 saturated heterocycles. The van der Waals surface area contributed by atoms with E-state index in [0.717, 1.165) is 5.56 Å². The quantitative estimate of drug-likeness (QED) is 0.845. The Morgan fingerprint density at radius 2 is 2.00 bits per heavy atom. The number of hydrogen-bond acceptors (Lipinski definition) is 2. The van der Waals surface area contributed by atoms with Crippen LogP contribution in [-0.2, 0) is 6.54 Å². The first-order valence-corrected chi connectivity index (χ1v) is 6.16. The number of furan rings is 1. The molecule has 0 spiro atoms. The van der Waals surface area contributed by atoms with Gasteiger partial charge in [-0.15, -0.1) is 0 Å². The van der Waals surface area contributed by atoms with Crippen molar-refractivity contribution >= 4 is 17.5 Å². The van der Waals surface area contributed by atoms with Crippen molar-refractivity contribution in [2.45, 2.75) is 13.5 Å². The van der Waals surface area contributed by atoms with Gasteiger partial charge in [-0.2, -0.15) is 0 Å². The number of rotatable bonds is 4. The minimum absolute atomic E-state index is 0.111. The van der Waals surface area contributed by atoms with E-state index in [4.69, 9.17) is 16.0 Å². The van der Waals surface area contributed by atoms with E-state index in [0.29, 0.717) is 18.7 Å². The first-order valence-electron chi connectivity index (χ1n) is 5.78. The Balaban J connectivity index is 2.15. The van der Waals surface area contributed by atoms with Crippen LogP contribution in [0.15, 0.2) is 47.1 Å². The molecule has 0 aliphatic carbocycles. The average Bonchev–Trinajstić information content (AvgIpc) is 2.82. The molecule has 0 aliphatic rings. The zero-order chi connectivity index (χ0) is 13.0. The van der Waals surface area contributed by atoms with E-state index < -0.39 is 0 Å². The Bertz CT molecular complexity index is 522. The van der Waals surface area contributed by atoms with Crippen LogP contribution < -0.4 is 0 Å². The van der Waals surface area contributed by atoms with Gasteiger partial charge in [-0.1, -0.05) is 30.3 Å². The van der Waals surface area contributed by atoms with E-state index in [-0.39, 0.29) is 11.1 Å². The number of halogens is 1. The van der Waals surface area contributed by atoms with Crippen LogP contribution >= 0.6 is 11.6 Å². The Morgan fingerprint density at radius 1 is 1.28 bits per heavy atom. The summed E-state index contributed by atoms with van der Waals surface area (Å²) in [7, 11) is 0. The van der Waals surface area contributed by atoms with E-state index in [1.165, 1.54) is 6.26 Å². The van der Waals surface area contributed by atoms with Crippen molar-refractivity contribution < 1.29 is 9.21 Å². The van der Waals surface area contributed by atoms with Crippen LogP contribution in [-0.4, -0.2) is 17.4 Å². The molecule has 0 radical (unpaired) electrons. The Morgan fingerprint density at radius 3 is 2.56 bits per heavy atom. The van der Waals surface area contributed by atoms with Gasteiger partial charge in [0, 0.05) is 13.1 Å². The maximum atomic E-state index is 12.2. The fourth-order valence-corrected chi connectivity index (χ4v) is 1.94. The SMILES string of the molecule is CCN(Cc1ccccc1)C(=O)c1ccoc1Cl. The third-order valence-electron chi connectivity index (χ3n) is 2.73. The first-order chi connectivity index (χ1) is 8.72. The van der Waals surface area contributed by atoms with Crippen molar-refractivity contribution in [1.29, 1.82) is 0 Å². The molecule has 4 heteroatoms. The second kappa shape index (κ2) is 5.74. The molecule has 0 fully saturated rings. The van der Waals surface area contributed by atoms with Gasteiger partial charge in [0.2, 0.25) is 5.22 Å². The maximum Gasteiger partial charge on any atom is 0.259 e. The minimum Gasteiger partial charge on any atom is -0.452 e. The number of carbonyl (C=O) groups excluding carboxylic acids is 1. The van der Waals surface area contributed by atoms with Crippen molar-refractivity contribution in [3.63, 3.8) is 0 Å². The van der Waals surface area contributed by atoms with Crippen LogP contribution in [0.3, 0.4) is 0 Å². The summed E-state index contributed by atoms with van der Waals surface area (Å²) in [6.07, 6.45) is 1.42. The molecule has 1 amide bonds. The lowest BCUT2D eigenvalue weighted by atomic mass is 10.2. The summed E-state index contributed by atoms with van der Waals surface area (Å²) in [5.74, 6) is -0.111. The van der Waals surface area contributed by atoms with Gasteiger partial charge in [0.1, 0.15) is 0 Å². The number of hydrogen-bond donors (Lipinski definition) is 0. The van der Waals surface area contributed by atoms with Gasteiger partial charge >= 0.3 is 0 Å². The molecule has 0 aliphatic heterocycles. The van der Waals surface area contributed by atoms with Gasteiger partial charge in [-0.3, -0.25) is 4.79 Å². The van der Waals surface area contributed by atoms with Crippen LogP contribution in [0, 0.1) is 0 Å². The highest BCUT2D eigenvalue weighted by Gasteiger charge is 2.19. The van der Waals surface area contributed by atoms with E-state index in [9.17, 15) is 4.79 Å². The van der Waals surface area contributed by atoms with Gasteiger partial charge in [-0.25, -0.2) is 0 Å². The predicted molar refractivity (Wildman–Crippen MR) is 70.6 cm³/mol. The summed E-state index contributed by atoms with van der Waals surface area (Å²) < 4.78 is 4.95. The molecule has 1 aromatic carbocycles. The van der Waals surface area contributed by atoms with Gasteiger partial charge in [-0.05, 0) is 30.2 Å². The third kappa shape index (κ3) is 2.74. The Kier molecular flexibility index (Phi) is 4.05. The number of carbonyl (C=O) groups is 1. The molecule has 2 rings (SSSR count). The second-order valence-corrected chi connectivity index (χ2v) is 4.26. The third-order valence-corrected chi connectivity index (χ3v) is 3.03. The van der Waals surface area contributed by atoms with Crippen LogP contribution in [0.2, 0.25) is 5.22 Å². The monoisotopic (exact) mass is 263 g/mol. The summed E-state index contributed by atoms with van der Waals surface area (Å²) in [5.41, 5.74) is 1.50. The van der Waals surface area contributed by atoms with Gasteiger partial charge in [0.15, 0.2) is 0 Å². The van der Waals surface area contributed by atoms with Crippen molar-refractivity contribution in [1.82, 2.24) is 4.90 Å². The lowest BCUT2D eigenvalue weighted by Gasteiger charge is -2.20. The maximum absolute atomic E-state index is 12.2. The van der Waals surface area contributed by atoms with Crippen LogP contribution in [0.5, 0.6) is 0 Å². The number of nitrogens with zero attached hydrogens (tertiary/aromatic N) is 1. The highest BCUT2D eigenvalue weighted by Crippen LogP contribution is 2.19. The van der Waals surface area contributed by atoms with E-state index in [2.05, 4.69) is 0 Å². The summed E-state index contributed by atoms with van der Waals surface area (Å²) in [4.78, 5) is 14.0. The molecular formula is C14H14ClNO2. The van der Waals surface area contributed by atoms with E-state index >= 15 is 0 Å². The molecule has 0 unspecified atom stereocenters. The summed E-state index contributed by atoms with van der Waals surface area (Å²) >= 11 is 5.82. The first kappa shape index (κ1) is 12.7. The number of benzene rings is 1. The molecular weight excluding hydrogens is 250 g/mol. The van der Waals surface area contributed by atoms with Crippen LogP contribution in [0.1, 0.15) is 22.8 Å². The van der Waals surface area contributed by atoms with Gasteiger partial charge in [0.25, 0.3) is 5.91 Å². The lowest BCUT2D eigenvalue weighted by molar-refractivity contribution is 0.0752. The highest BCUT2D eigenvalue weighted by atomic mass is 35.5. The smallest absolute Gasteiger partial charge is 0.259 e. The van der Waals surface area contributed by atoms with Crippen LogP contribution in [0.4, 0.5) is 0 Å². The molecule has 3 nitrogen and oxygen atoms in total. The van der Waals surface area contributed by atoms with Gasteiger partial charge < -0.3 is 9.32 Å². The molecule has 1 aromatic heterocycles. The Hall–Kier alpha value is -1.74. The molecule has 18 heavy (non-hydrogen) atoms. The van der Waals surface area contributed by atoms with Crippen molar-refractivity contribution in [2.75, 3.05) is 6.54 Å². The van der Waals surface area contributed by atoms with E-state index in [1.54, 1.807) is 11.0 Å². The topological polar surface area (TPSA) is 33.5 Å². The number of amides is 1. The highest BCUT2D eigenvalue weighted by molar-refractivity contribution is 6.32. The standard InChI is InChI=1S/C14H14ClNO2/c1-2-16(10-11-6-4-3-5-7-11)14(17)12-8-9-18-13(12)15/h3-9H,2,10H2,1H3. The molecule has 2 aromatic rings. The van der Waals surface area contributed by atoms with Crippen molar-refractivity contribution in [2.24, 2.45) is 0 Å². The van der Waals surface area contributed by atoms with Crippen LogP contribution in [0.25, 0.3) is 0 Å². The van der Waals surface area contributed by atoms with Crippen molar-refractivity contribution in [3.8, 4) is 0 Å². The summed E-state index contributed by atoms with van der Waals surface area (Å²) in [6.45, 7) is 3.13. The molecule has 0 bridgehead atoms. The fourth-order valence-electron chi connectivity index (χ4n) is 1.75. The minimum atomic E-state index is -0.111. The zero-order valence-corrected chi connectivity index (χ0v) is 10.9. The molecule has 0 N–H and O–H groups in total. The van der Waals surface area contributed by atoms with E-state index in [1.807, 2.05) is 37.3 Å². The van der Waals surface area contributed by atoms with Crippen molar-refractivity contribution in [3.05, 3.63) is 59.0 Å². The second-order valence-electron chi connectivity index (χ2n) is 3.91. The summed E-state index contributed by atoms with van der Waals surface area (Å²) in [6, 6.07) is 11.4. The Labute approximate surface area is 111 Å². The fraction of sp³-hybridized carbons (Fsp3) is 0.214. The largest absolute Gasteiger partial charge is 0.452 e. The zero-order valence-electron chi connectivity index (χ0n) is 10.1. The molecule has 1 heterocycles. The predicted octanol–water partition coefficient (Wildman–Crippen LogP) is 3.60. The molecule has 94 valence electrons. The summed E-state index contributed by atoms with van der Waals surface area (Å²) in [5, 5.41) is 0.145. The normalized spacial score (nSPS) is 10.3. The lowest BCUT2D eigenvalue weighted by Crippen LogP contribution is -2.30. The van der Waals surface area contributed by atoms with Gasteiger partial charge in [0.05, 0.1) is 11.8 Å². The molecule has 0 saturated carbocycles. The molecule has 0 atom stereocenters.